The van der Waals surface area contributed by atoms with Crippen LogP contribution in [-0.2, 0) is 14.9 Å². The first-order valence-electron chi connectivity index (χ1n) is 9.28. The molecule has 3 aromatic carbocycles. The Morgan fingerprint density at radius 2 is 1.76 bits per heavy atom. The number of hydrogen-bond acceptors (Lipinski definition) is 5. The van der Waals surface area contributed by atoms with E-state index in [1.165, 1.54) is 48.5 Å². The molecule has 168 valence electrons. The van der Waals surface area contributed by atoms with Gasteiger partial charge >= 0.3 is 10.1 Å². The molecular formula is C23H15BrCl2N2O4S. The fourth-order valence-corrected chi connectivity index (χ4v) is 4.46. The monoisotopic (exact) mass is 564 g/mol. The molecular weight excluding hydrogens is 551 g/mol. The van der Waals surface area contributed by atoms with Gasteiger partial charge in [0.2, 0.25) is 0 Å². The van der Waals surface area contributed by atoms with E-state index in [1.807, 2.05) is 13.0 Å². The number of nitrogens with zero attached hydrogens (tertiary/aromatic N) is 1. The predicted octanol–water partition coefficient (Wildman–Crippen LogP) is 6.38. The standard InChI is InChI=1S/C23H15BrCl2N2O4S/c1-14-2-6-18(7-3-14)33(30,31)32-22-9-4-15(11-19(22)24)10-16(13-27)23(29)28-17-5-8-20(25)21(26)12-17/h2-12H,1H3,(H,28,29)/b16-10+. The third kappa shape index (κ3) is 6.36. The number of hydrogen-bond donors (Lipinski definition) is 1. The van der Waals surface area contributed by atoms with Crippen LogP contribution in [0.5, 0.6) is 5.75 Å². The van der Waals surface area contributed by atoms with Crippen molar-refractivity contribution < 1.29 is 17.4 Å². The Morgan fingerprint density at radius 3 is 2.36 bits per heavy atom. The number of nitrogens with one attached hydrogen (secondary N) is 1. The van der Waals surface area contributed by atoms with Crippen LogP contribution < -0.4 is 9.50 Å². The minimum Gasteiger partial charge on any atom is -0.378 e. The van der Waals surface area contributed by atoms with E-state index in [-0.39, 0.29) is 21.2 Å². The molecule has 0 radical (unpaired) electrons. The lowest BCUT2D eigenvalue weighted by atomic mass is 10.1. The molecule has 0 aliphatic heterocycles. The normalized spacial score (nSPS) is 11.5. The molecule has 0 unspecified atom stereocenters. The van der Waals surface area contributed by atoms with Crippen LogP contribution in [0.2, 0.25) is 10.0 Å². The van der Waals surface area contributed by atoms with Crippen LogP contribution in [0.15, 0.2) is 75.6 Å². The van der Waals surface area contributed by atoms with Crippen molar-refractivity contribution in [3.8, 4) is 11.8 Å². The summed E-state index contributed by atoms with van der Waals surface area (Å²) in [6, 6.07) is 17.1. The van der Waals surface area contributed by atoms with Crippen molar-refractivity contribution >= 4 is 66.9 Å². The highest BCUT2D eigenvalue weighted by Gasteiger charge is 2.18. The van der Waals surface area contributed by atoms with Gasteiger partial charge in [0, 0.05) is 5.69 Å². The number of aryl methyl sites for hydroxylation is 1. The van der Waals surface area contributed by atoms with Gasteiger partial charge in [0.15, 0.2) is 5.75 Å². The first-order chi connectivity index (χ1) is 15.6. The van der Waals surface area contributed by atoms with Gasteiger partial charge in [0.25, 0.3) is 5.91 Å². The second kappa shape index (κ2) is 10.4. The number of carbonyl (C=O) groups excluding carboxylic acids is 1. The molecule has 3 aromatic rings. The summed E-state index contributed by atoms with van der Waals surface area (Å²) in [5, 5.41) is 12.6. The summed E-state index contributed by atoms with van der Waals surface area (Å²) < 4.78 is 30.6. The van der Waals surface area contributed by atoms with Gasteiger partial charge in [-0.3, -0.25) is 4.79 Å². The molecule has 0 heterocycles. The van der Waals surface area contributed by atoms with Crippen molar-refractivity contribution in [3.05, 3.63) is 91.9 Å². The molecule has 0 saturated heterocycles. The first kappa shape index (κ1) is 24.8. The highest BCUT2D eigenvalue weighted by Crippen LogP contribution is 2.30. The van der Waals surface area contributed by atoms with E-state index < -0.39 is 16.0 Å². The molecule has 0 aromatic heterocycles. The molecule has 0 bridgehead atoms. The number of halogens is 3. The number of amides is 1. The molecule has 3 rings (SSSR count). The van der Waals surface area contributed by atoms with Crippen LogP contribution in [0.4, 0.5) is 5.69 Å². The van der Waals surface area contributed by atoms with Gasteiger partial charge in [-0.1, -0.05) is 47.0 Å². The molecule has 0 aliphatic carbocycles. The number of nitriles is 1. The Bertz CT molecular complexity index is 1400. The second-order valence-electron chi connectivity index (χ2n) is 6.79. The van der Waals surface area contributed by atoms with Gasteiger partial charge in [-0.15, -0.1) is 0 Å². The summed E-state index contributed by atoms with van der Waals surface area (Å²) >= 11 is 15.1. The zero-order valence-corrected chi connectivity index (χ0v) is 20.9. The maximum atomic E-state index is 12.5. The highest BCUT2D eigenvalue weighted by atomic mass is 79.9. The molecule has 33 heavy (non-hydrogen) atoms. The van der Waals surface area contributed by atoms with E-state index in [0.29, 0.717) is 20.7 Å². The van der Waals surface area contributed by atoms with Gasteiger partial charge < -0.3 is 9.50 Å². The summed E-state index contributed by atoms with van der Waals surface area (Å²) in [7, 11) is -4.03. The SMILES string of the molecule is Cc1ccc(S(=O)(=O)Oc2ccc(/C=C(\C#N)C(=O)Nc3ccc(Cl)c(Cl)c3)cc2Br)cc1. The van der Waals surface area contributed by atoms with E-state index in [1.54, 1.807) is 18.2 Å². The van der Waals surface area contributed by atoms with Crippen LogP contribution in [0.3, 0.4) is 0 Å². The second-order valence-corrected chi connectivity index (χ2v) is 10.0. The van der Waals surface area contributed by atoms with Crippen molar-refractivity contribution in [3.63, 3.8) is 0 Å². The van der Waals surface area contributed by atoms with Crippen molar-refractivity contribution in [2.24, 2.45) is 0 Å². The summed E-state index contributed by atoms with van der Waals surface area (Å²) in [4.78, 5) is 12.5. The Hall–Kier alpha value is -2.83. The summed E-state index contributed by atoms with van der Waals surface area (Å²) in [5.41, 5.74) is 1.60. The summed E-state index contributed by atoms with van der Waals surface area (Å²) in [6.45, 7) is 1.85. The molecule has 1 amide bonds. The Kier molecular flexibility index (Phi) is 7.82. The smallest absolute Gasteiger partial charge is 0.339 e. The third-order valence-electron chi connectivity index (χ3n) is 4.32. The van der Waals surface area contributed by atoms with Crippen LogP contribution in [0, 0.1) is 18.3 Å². The Morgan fingerprint density at radius 1 is 1.06 bits per heavy atom. The van der Waals surface area contributed by atoms with Gasteiger partial charge in [-0.2, -0.15) is 13.7 Å². The molecule has 0 saturated carbocycles. The number of anilines is 1. The average molecular weight is 566 g/mol. The van der Waals surface area contributed by atoms with Crippen molar-refractivity contribution in [2.75, 3.05) is 5.32 Å². The maximum Gasteiger partial charge on any atom is 0.339 e. The Labute approximate surface area is 209 Å². The minimum absolute atomic E-state index is 0.0229. The van der Waals surface area contributed by atoms with Crippen molar-refractivity contribution in [2.45, 2.75) is 11.8 Å². The fourth-order valence-electron chi connectivity index (χ4n) is 2.63. The predicted molar refractivity (Wildman–Crippen MR) is 132 cm³/mol. The van der Waals surface area contributed by atoms with Crippen LogP contribution in [-0.4, -0.2) is 14.3 Å². The lowest BCUT2D eigenvalue weighted by molar-refractivity contribution is -0.112. The van der Waals surface area contributed by atoms with Crippen LogP contribution >= 0.6 is 39.1 Å². The highest BCUT2D eigenvalue weighted by molar-refractivity contribution is 9.10. The molecule has 0 fully saturated rings. The lowest BCUT2D eigenvalue weighted by Gasteiger charge is -2.10. The molecule has 0 aliphatic rings. The maximum absolute atomic E-state index is 12.5. The van der Waals surface area contributed by atoms with E-state index in [0.717, 1.165) is 5.56 Å². The molecule has 0 spiro atoms. The van der Waals surface area contributed by atoms with Crippen LogP contribution in [0.25, 0.3) is 6.08 Å². The molecule has 1 N–H and O–H groups in total. The first-order valence-corrected chi connectivity index (χ1v) is 12.2. The molecule has 10 heteroatoms. The summed E-state index contributed by atoms with van der Waals surface area (Å²) in [6.07, 6.45) is 1.36. The van der Waals surface area contributed by atoms with E-state index >= 15 is 0 Å². The van der Waals surface area contributed by atoms with Crippen molar-refractivity contribution in [1.29, 1.82) is 5.26 Å². The van der Waals surface area contributed by atoms with Gasteiger partial charge in [-0.25, -0.2) is 0 Å². The molecule has 0 atom stereocenters. The van der Waals surface area contributed by atoms with Crippen LogP contribution in [0.1, 0.15) is 11.1 Å². The van der Waals surface area contributed by atoms with Gasteiger partial charge in [-0.05, 0) is 77.0 Å². The number of benzene rings is 3. The zero-order chi connectivity index (χ0) is 24.2. The number of rotatable bonds is 6. The lowest BCUT2D eigenvalue weighted by Crippen LogP contribution is -2.13. The fraction of sp³-hybridized carbons (Fsp3) is 0.0435. The topological polar surface area (TPSA) is 96.3 Å². The quantitative estimate of drug-likeness (QED) is 0.212. The van der Waals surface area contributed by atoms with Gasteiger partial charge in [0.05, 0.1) is 14.5 Å². The zero-order valence-electron chi connectivity index (χ0n) is 17.0. The minimum atomic E-state index is -4.03. The average Bonchev–Trinajstić information content (AvgIpc) is 2.76. The Balaban J connectivity index is 1.80. The molecule has 6 nitrogen and oxygen atoms in total. The largest absolute Gasteiger partial charge is 0.378 e. The van der Waals surface area contributed by atoms with E-state index in [9.17, 15) is 18.5 Å². The van der Waals surface area contributed by atoms with E-state index in [4.69, 9.17) is 27.4 Å². The van der Waals surface area contributed by atoms with E-state index in [2.05, 4.69) is 21.2 Å². The summed E-state index contributed by atoms with van der Waals surface area (Å²) in [5.74, 6) is -0.583. The van der Waals surface area contributed by atoms with Crippen molar-refractivity contribution in [1.82, 2.24) is 0 Å². The number of carbonyl (C=O) groups is 1. The van der Waals surface area contributed by atoms with Gasteiger partial charge in [0.1, 0.15) is 16.5 Å². The third-order valence-corrected chi connectivity index (χ3v) is 6.93.